The maximum absolute atomic E-state index is 11.7. The van der Waals surface area contributed by atoms with E-state index >= 15 is 0 Å². The van der Waals surface area contributed by atoms with Crippen molar-refractivity contribution in [3.8, 4) is 0 Å². The topological polar surface area (TPSA) is 112 Å². The predicted octanol–water partition coefficient (Wildman–Crippen LogP) is 2.83. The molecular weight excluding hydrogens is 377 g/mol. The number of nitro groups is 1. The van der Waals surface area contributed by atoms with Gasteiger partial charge in [0.05, 0.1) is 16.1 Å². The lowest BCUT2D eigenvalue weighted by Gasteiger charge is -2.32. The van der Waals surface area contributed by atoms with Crippen LogP contribution in [0.5, 0.6) is 0 Å². The monoisotopic (exact) mass is 407 g/mol. The molecule has 160 valence electrons. The van der Waals surface area contributed by atoms with Crippen LogP contribution in [0.1, 0.15) is 48.5 Å². The molecule has 1 aliphatic heterocycles. The molecule has 9 nitrogen and oxygen atoms in total. The summed E-state index contributed by atoms with van der Waals surface area (Å²) in [5.74, 6) is 0. The SMILES string of the molecule is CC(C)(C)OC(=O)NCCNc1cc(B2OC(C)(C)C(C)(C)O2)ccc1[N+](=O)[O-]. The van der Waals surface area contributed by atoms with E-state index in [1.165, 1.54) is 6.07 Å². The first-order valence-corrected chi connectivity index (χ1v) is 9.56. The van der Waals surface area contributed by atoms with Gasteiger partial charge in [-0.15, -0.1) is 0 Å². The molecule has 1 amide bonds. The molecule has 0 saturated carbocycles. The average Bonchev–Trinajstić information content (AvgIpc) is 2.77. The van der Waals surface area contributed by atoms with Crippen LogP contribution in [0.15, 0.2) is 18.2 Å². The van der Waals surface area contributed by atoms with E-state index < -0.39 is 34.9 Å². The molecule has 2 N–H and O–H groups in total. The highest BCUT2D eigenvalue weighted by molar-refractivity contribution is 6.62. The summed E-state index contributed by atoms with van der Waals surface area (Å²) < 4.78 is 17.2. The van der Waals surface area contributed by atoms with Crippen molar-refractivity contribution in [3.63, 3.8) is 0 Å². The fraction of sp³-hybridized carbons (Fsp3) is 0.632. The number of carbonyl (C=O) groups excluding carboxylic acids is 1. The highest BCUT2D eigenvalue weighted by atomic mass is 16.7. The standard InChI is InChI=1S/C19H30BN3O6/c1-17(2,3)27-16(24)22-11-10-21-14-12-13(8-9-15(14)23(25)26)20-28-18(4,5)19(6,7)29-20/h8-9,12,21H,10-11H2,1-7H3,(H,22,24). The van der Waals surface area contributed by atoms with Crippen LogP contribution in [0, 0.1) is 10.1 Å². The Labute approximate surface area is 171 Å². The van der Waals surface area contributed by atoms with E-state index in [-0.39, 0.29) is 18.8 Å². The van der Waals surface area contributed by atoms with Crippen LogP contribution in [-0.4, -0.2) is 48.0 Å². The van der Waals surface area contributed by atoms with Gasteiger partial charge >= 0.3 is 13.2 Å². The summed E-state index contributed by atoms with van der Waals surface area (Å²) in [7, 11) is -0.624. The summed E-state index contributed by atoms with van der Waals surface area (Å²) >= 11 is 0. The lowest BCUT2D eigenvalue weighted by atomic mass is 9.79. The first-order chi connectivity index (χ1) is 13.2. The minimum atomic E-state index is -0.624. The number of benzene rings is 1. The number of carbonyl (C=O) groups is 1. The molecule has 2 rings (SSSR count). The number of nitrogens with one attached hydrogen (secondary N) is 2. The molecule has 29 heavy (non-hydrogen) atoms. The normalized spacial score (nSPS) is 17.7. The number of amides is 1. The van der Waals surface area contributed by atoms with Crippen molar-refractivity contribution in [1.82, 2.24) is 5.32 Å². The van der Waals surface area contributed by atoms with Gasteiger partial charge in [0, 0.05) is 19.2 Å². The van der Waals surface area contributed by atoms with Crippen LogP contribution in [0.4, 0.5) is 16.2 Å². The Morgan fingerprint density at radius 3 is 2.28 bits per heavy atom. The Morgan fingerprint density at radius 1 is 1.17 bits per heavy atom. The van der Waals surface area contributed by atoms with E-state index in [0.29, 0.717) is 11.2 Å². The molecule has 0 spiro atoms. The van der Waals surface area contributed by atoms with Crippen molar-refractivity contribution in [1.29, 1.82) is 0 Å². The summed E-state index contributed by atoms with van der Waals surface area (Å²) in [6, 6.07) is 4.70. The van der Waals surface area contributed by atoms with E-state index in [9.17, 15) is 14.9 Å². The zero-order chi connectivity index (χ0) is 22.0. The fourth-order valence-electron chi connectivity index (χ4n) is 2.66. The van der Waals surface area contributed by atoms with Crippen LogP contribution < -0.4 is 16.1 Å². The van der Waals surface area contributed by atoms with E-state index in [1.54, 1.807) is 32.9 Å². The highest BCUT2D eigenvalue weighted by Gasteiger charge is 2.51. The van der Waals surface area contributed by atoms with Crippen molar-refractivity contribution in [2.45, 2.75) is 65.3 Å². The molecule has 1 saturated heterocycles. The maximum Gasteiger partial charge on any atom is 0.494 e. The molecule has 0 radical (unpaired) electrons. The minimum Gasteiger partial charge on any atom is -0.444 e. The lowest BCUT2D eigenvalue weighted by Crippen LogP contribution is -2.41. The molecular formula is C19H30BN3O6. The van der Waals surface area contributed by atoms with E-state index in [2.05, 4.69) is 10.6 Å². The zero-order valence-electron chi connectivity index (χ0n) is 18.1. The molecule has 1 aromatic rings. The average molecular weight is 407 g/mol. The lowest BCUT2D eigenvalue weighted by molar-refractivity contribution is -0.383. The Hall–Kier alpha value is -2.33. The van der Waals surface area contributed by atoms with E-state index in [1.807, 2.05) is 27.7 Å². The Morgan fingerprint density at radius 2 is 1.76 bits per heavy atom. The van der Waals surface area contributed by atoms with Crippen LogP contribution in [0.2, 0.25) is 0 Å². The van der Waals surface area contributed by atoms with Gasteiger partial charge in [-0.3, -0.25) is 10.1 Å². The maximum atomic E-state index is 11.7. The molecule has 0 atom stereocenters. The first-order valence-electron chi connectivity index (χ1n) is 9.56. The summed E-state index contributed by atoms with van der Waals surface area (Å²) in [6.07, 6.45) is -0.542. The van der Waals surface area contributed by atoms with Crippen molar-refractivity contribution in [2.24, 2.45) is 0 Å². The summed E-state index contributed by atoms with van der Waals surface area (Å²) in [5.41, 5.74) is -0.671. The van der Waals surface area contributed by atoms with Crippen molar-refractivity contribution >= 4 is 30.0 Å². The van der Waals surface area contributed by atoms with Crippen molar-refractivity contribution in [3.05, 3.63) is 28.3 Å². The second kappa shape index (κ2) is 8.20. The number of anilines is 1. The Balaban J connectivity index is 2.06. The molecule has 1 fully saturated rings. The summed E-state index contributed by atoms with van der Waals surface area (Å²) in [6.45, 7) is 13.6. The van der Waals surface area contributed by atoms with Gasteiger partial charge in [0.2, 0.25) is 0 Å². The number of nitro benzene ring substituents is 1. The first kappa shape index (κ1) is 23.0. The van der Waals surface area contributed by atoms with Gasteiger partial charge in [-0.1, -0.05) is 6.07 Å². The predicted molar refractivity (Wildman–Crippen MR) is 112 cm³/mol. The summed E-state index contributed by atoms with van der Waals surface area (Å²) in [4.78, 5) is 22.6. The Bertz CT molecular complexity index is 760. The molecule has 0 aliphatic carbocycles. The van der Waals surface area contributed by atoms with Crippen molar-refractivity contribution in [2.75, 3.05) is 18.4 Å². The van der Waals surface area contributed by atoms with Gasteiger partial charge in [0.1, 0.15) is 11.3 Å². The van der Waals surface area contributed by atoms with E-state index in [4.69, 9.17) is 14.0 Å². The third-order valence-electron chi connectivity index (χ3n) is 4.85. The number of rotatable bonds is 6. The number of alkyl carbamates (subject to hydrolysis) is 1. The quantitative estimate of drug-likeness (QED) is 0.323. The number of hydrogen-bond donors (Lipinski definition) is 2. The Kier molecular flexibility index (Phi) is 6.49. The van der Waals surface area contributed by atoms with Crippen molar-refractivity contribution < 1.29 is 23.8 Å². The second-order valence-corrected chi connectivity index (χ2v) is 8.98. The minimum absolute atomic E-state index is 0.0671. The smallest absolute Gasteiger partial charge is 0.444 e. The van der Waals surface area contributed by atoms with Crippen LogP contribution in [0.3, 0.4) is 0 Å². The molecule has 1 aromatic carbocycles. The largest absolute Gasteiger partial charge is 0.494 e. The number of nitrogens with zero attached hydrogens (tertiary/aromatic N) is 1. The van der Waals surface area contributed by atoms with Gasteiger partial charge in [-0.25, -0.2) is 4.79 Å². The van der Waals surface area contributed by atoms with Gasteiger partial charge in [0.15, 0.2) is 0 Å². The molecule has 1 aliphatic rings. The van der Waals surface area contributed by atoms with Crippen LogP contribution in [0.25, 0.3) is 0 Å². The second-order valence-electron chi connectivity index (χ2n) is 8.98. The third-order valence-corrected chi connectivity index (χ3v) is 4.85. The zero-order valence-corrected chi connectivity index (χ0v) is 18.1. The van der Waals surface area contributed by atoms with Gasteiger partial charge in [-0.05, 0) is 60.0 Å². The van der Waals surface area contributed by atoms with Crippen LogP contribution in [-0.2, 0) is 14.0 Å². The molecule has 1 heterocycles. The molecule has 0 bridgehead atoms. The highest BCUT2D eigenvalue weighted by Crippen LogP contribution is 2.37. The van der Waals surface area contributed by atoms with E-state index in [0.717, 1.165) is 0 Å². The summed E-state index contributed by atoms with van der Waals surface area (Å²) in [5, 5.41) is 17.0. The van der Waals surface area contributed by atoms with Gasteiger partial charge < -0.3 is 24.7 Å². The molecule has 0 unspecified atom stereocenters. The third kappa shape index (κ3) is 5.83. The molecule has 0 aromatic heterocycles. The number of hydrogen-bond acceptors (Lipinski definition) is 7. The van der Waals surface area contributed by atoms with Gasteiger partial charge in [0.25, 0.3) is 5.69 Å². The molecule has 10 heteroatoms. The van der Waals surface area contributed by atoms with Gasteiger partial charge in [-0.2, -0.15) is 0 Å². The number of ether oxygens (including phenoxy) is 1. The van der Waals surface area contributed by atoms with Crippen LogP contribution >= 0.6 is 0 Å². The fourth-order valence-corrected chi connectivity index (χ4v) is 2.66.